The lowest BCUT2D eigenvalue weighted by Crippen LogP contribution is -2.23. The molecule has 2 heterocycles. The van der Waals surface area contributed by atoms with E-state index < -0.39 is 0 Å². The van der Waals surface area contributed by atoms with Gasteiger partial charge in [-0.1, -0.05) is 0 Å². The van der Waals surface area contributed by atoms with E-state index in [2.05, 4.69) is 4.98 Å². The number of fused-ring (bicyclic) bond motifs is 1. The summed E-state index contributed by atoms with van der Waals surface area (Å²) in [6.07, 6.45) is 2.27. The van der Waals surface area contributed by atoms with Gasteiger partial charge in [-0.2, -0.15) is 0 Å². The summed E-state index contributed by atoms with van der Waals surface area (Å²) < 4.78 is 1.90. The third kappa shape index (κ3) is 2.43. The van der Waals surface area contributed by atoms with Crippen molar-refractivity contribution < 1.29 is 10.2 Å². The Morgan fingerprint density at radius 3 is 3.00 bits per heavy atom. The molecule has 2 rings (SSSR count). The van der Waals surface area contributed by atoms with Gasteiger partial charge in [-0.05, 0) is 13.3 Å². The van der Waals surface area contributed by atoms with Gasteiger partial charge in [-0.15, -0.1) is 11.3 Å². The molecule has 94 valence electrons. The van der Waals surface area contributed by atoms with Gasteiger partial charge < -0.3 is 15.1 Å². The smallest absolute Gasteiger partial charge is 0.195 e. The summed E-state index contributed by atoms with van der Waals surface area (Å²) in [5.41, 5.74) is 0.800. The fraction of sp³-hybridized carbons (Fsp3) is 0.545. The number of anilines is 1. The Balaban J connectivity index is 2.24. The van der Waals surface area contributed by atoms with Gasteiger partial charge >= 0.3 is 0 Å². The summed E-state index contributed by atoms with van der Waals surface area (Å²) in [7, 11) is 1.92. The Kier molecular flexibility index (Phi) is 3.66. The van der Waals surface area contributed by atoms with Gasteiger partial charge in [0.15, 0.2) is 10.8 Å². The highest BCUT2D eigenvalue weighted by molar-refractivity contribution is 7.15. The summed E-state index contributed by atoms with van der Waals surface area (Å²) in [4.78, 5) is 7.34. The van der Waals surface area contributed by atoms with Crippen LogP contribution in [0.1, 0.15) is 19.0 Å². The number of rotatable bonds is 5. The first kappa shape index (κ1) is 12.3. The van der Waals surface area contributed by atoms with Crippen molar-refractivity contribution >= 4 is 22.1 Å². The second-order valence-electron chi connectivity index (χ2n) is 4.16. The maximum absolute atomic E-state index is 9.42. The fourth-order valence-electron chi connectivity index (χ4n) is 1.76. The summed E-state index contributed by atoms with van der Waals surface area (Å²) in [6.45, 7) is 2.45. The van der Waals surface area contributed by atoms with Gasteiger partial charge in [0.25, 0.3) is 0 Å². The molecule has 6 heteroatoms. The average molecular weight is 255 g/mol. The van der Waals surface area contributed by atoms with E-state index >= 15 is 0 Å². The number of hydrogen-bond donors (Lipinski definition) is 2. The van der Waals surface area contributed by atoms with Crippen molar-refractivity contribution in [3.05, 3.63) is 17.3 Å². The first-order chi connectivity index (χ1) is 8.13. The molecule has 1 atom stereocenters. The zero-order valence-corrected chi connectivity index (χ0v) is 10.8. The monoisotopic (exact) mass is 255 g/mol. The lowest BCUT2D eigenvalue weighted by atomic mass is 10.2. The van der Waals surface area contributed by atoms with E-state index in [1.54, 1.807) is 18.3 Å². The second kappa shape index (κ2) is 5.03. The Hall–Kier alpha value is -1.11. The molecule has 2 N–H and O–H groups in total. The fourth-order valence-corrected chi connectivity index (χ4v) is 2.49. The predicted octanol–water partition coefficient (Wildman–Crippen LogP) is 1.10. The first-order valence-electron chi connectivity index (χ1n) is 5.58. The molecule has 1 unspecified atom stereocenters. The second-order valence-corrected chi connectivity index (χ2v) is 5.03. The zero-order chi connectivity index (χ0) is 12.4. The number of aliphatic hydroxyl groups excluding tert-OH is 2. The molecule has 2 aromatic heterocycles. The molecule has 0 aliphatic carbocycles. The number of imidazole rings is 1. The van der Waals surface area contributed by atoms with Crippen LogP contribution in [0.15, 0.2) is 11.6 Å². The maximum atomic E-state index is 9.42. The molecule has 2 aromatic rings. The standard InChI is InChI=1S/C11H17N3O2S/c1-8(16)3-4-13(2)10-9(7-15)14-5-6-17-11(14)12-10/h5-6,8,15-16H,3-4,7H2,1-2H3. The molecule has 0 aromatic carbocycles. The molecular weight excluding hydrogens is 238 g/mol. The summed E-state index contributed by atoms with van der Waals surface area (Å²) in [5.74, 6) is 0.792. The lowest BCUT2D eigenvalue weighted by Gasteiger charge is -2.18. The van der Waals surface area contributed by atoms with Gasteiger partial charge in [0.2, 0.25) is 0 Å². The predicted molar refractivity (Wildman–Crippen MR) is 68.6 cm³/mol. The molecule has 0 saturated carbocycles. The summed E-state index contributed by atoms with van der Waals surface area (Å²) in [6, 6.07) is 0. The quantitative estimate of drug-likeness (QED) is 0.840. The third-order valence-electron chi connectivity index (χ3n) is 2.73. The highest BCUT2D eigenvalue weighted by Gasteiger charge is 2.15. The molecule has 0 amide bonds. The molecule has 0 fully saturated rings. The van der Waals surface area contributed by atoms with Crippen LogP contribution in [-0.2, 0) is 6.61 Å². The van der Waals surface area contributed by atoms with E-state index in [0.717, 1.165) is 23.0 Å². The summed E-state index contributed by atoms with van der Waals surface area (Å²) >= 11 is 1.54. The molecule has 0 aliphatic heterocycles. The van der Waals surface area contributed by atoms with Crippen molar-refractivity contribution in [1.82, 2.24) is 9.38 Å². The van der Waals surface area contributed by atoms with Crippen LogP contribution in [0.5, 0.6) is 0 Å². The molecule has 0 aliphatic rings. The summed E-state index contributed by atoms with van der Waals surface area (Å²) in [5, 5.41) is 20.6. The van der Waals surface area contributed by atoms with Gasteiger partial charge in [0, 0.05) is 25.2 Å². The number of nitrogens with zero attached hydrogens (tertiary/aromatic N) is 3. The molecule has 0 radical (unpaired) electrons. The molecular formula is C11H17N3O2S. The van der Waals surface area contributed by atoms with Crippen LogP contribution in [0.3, 0.4) is 0 Å². The topological polar surface area (TPSA) is 61.0 Å². The minimum absolute atomic E-state index is 0.0355. The Labute approximate surface area is 104 Å². The highest BCUT2D eigenvalue weighted by atomic mass is 32.1. The molecule has 0 saturated heterocycles. The Bertz CT molecular complexity index is 492. The minimum Gasteiger partial charge on any atom is -0.393 e. The largest absolute Gasteiger partial charge is 0.393 e. The van der Waals surface area contributed by atoms with Crippen molar-refractivity contribution in [2.45, 2.75) is 26.1 Å². The number of aromatic nitrogens is 2. The van der Waals surface area contributed by atoms with Crippen molar-refractivity contribution in [3.8, 4) is 0 Å². The van der Waals surface area contributed by atoms with Crippen molar-refractivity contribution in [1.29, 1.82) is 0 Å². The first-order valence-corrected chi connectivity index (χ1v) is 6.46. The van der Waals surface area contributed by atoms with E-state index in [0.29, 0.717) is 6.42 Å². The number of thiazole rings is 1. The Morgan fingerprint density at radius 2 is 2.35 bits per heavy atom. The van der Waals surface area contributed by atoms with Crippen LogP contribution in [0.4, 0.5) is 5.82 Å². The van der Waals surface area contributed by atoms with E-state index in [-0.39, 0.29) is 12.7 Å². The lowest BCUT2D eigenvalue weighted by molar-refractivity contribution is 0.186. The number of aliphatic hydroxyl groups is 2. The van der Waals surface area contributed by atoms with Gasteiger partial charge in [-0.25, -0.2) is 4.98 Å². The van der Waals surface area contributed by atoms with E-state index in [1.165, 1.54) is 0 Å². The third-order valence-corrected chi connectivity index (χ3v) is 3.49. The molecule has 5 nitrogen and oxygen atoms in total. The number of hydrogen-bond acceptors (Lipinski definition) is 5. The molecule has 0 spiro atoms. The van der Waals surface area contributed by atoms with Gasteiger partial charge in [-0.3, -0.25) is 4.40 Å². The highest BCUT2D eigenvalue weighted by Crippen LogP contribution is 2.24. The molecule has 0 bridgehead atoms. The van der Waals surface area contributed by atoms with Crippen LogP contribution in [-0.4, -0.2) is 39.3 Å². The zero-order valence-electron chi connectivity index (χ0n) is 10.00. The molecule has 17 heavy (non-hydrogen) atoms. The van der Waals surface area contributed by atoms with Crippen molar-refractivity contribution in [2.75, 3.05) is 18.5 Å². The van der Waals surface area contributed by atoms with Crippen LogP contribution in [0, 0.1) is 0 Å². The normalized spacial score (nSPS) is 13.2. The van der Waals surface area contributed by atoms with Crippen LogP contribution in [0.25, 0.3) is 4.96 Å². The van der Waals surface area contributed by atoms with E-state index in [9.17, 15) is 10.2 Å². The van der Waals surface area contributed by atoms with Crippen LogP contribution in [0.2, 0.25) is 0 Å². The average Bonchev–Trinajstić information content (AvgIpc) is 2.84. The van der Waals surface area contributed by atoms with Gasteiger partial charge in [0.1, 0.15) is 0 Å². The van der Waals surface area contributed by atoms with Crippen LogP contribution >= 0.6 is 11.3 Å². The SMILES string of the molecule is CC(O)CCN(C)c1nc2sccn2c1CO. The van der Waals surface area contributed by atoms with E-state index in [1.807, 2.05) is 27.9 Å². The van der Waals surface area contributed by atoms with E-state index in [4.69, 9.17) is 0 Å². The van der Waals surface area contributed by atoms with Gasteiger partial charge in [0.05, 0.1) is 18.4 Å². The minimum atomic E-state index is -0.321. The van der Waals surface area contributed by atoms with Crippen LogP contribution < -0.4 is 4.90 Å². The maximum Gasteiger partial charge on any atom is 0.195 e. The Morgan fingerprint density at radius 1 is 1.59 bits per heavy atom. The van der Waals surface area contributed by atoms with Crippen molar-refractivity contribution in [3.63, 3.8) is 0 Å². The van der Waals surface area contributed by atoms with Crippen molar-refractivity contribution in [2.24, 2.45) is 0 Å².